The van der Waals surface area contributed by atoms with Crippen LogP contribution in [0.2, 0.25) is 5.15 Å². The van der Waals surface area contributed by atoms with E-state index in [0.29, 0.717) is 17.7 Å². The van der Waals surface area contributed by atoms with Crippen molar-refractivity contribution < 1.29 is 4.74 Å². The molecule has 0 bridgehead atoms. The lowest BCUT2D eigenvalue weighted by atomic mass is 10.1. The van der Waals surface area contributed by atoms with Crippen molar-refractivity contribution in [3.8, 4) is 0 Å². The van der Waals surface area contributed by atoms with Gasteiger partial charge in [0.25, 0.3) is 0 Å². The maximum Gasteiger partial charge on any atom is 0.135 e. The maximum absolute atomic E-state index is 6.20. The van der Waals surface area contributed by atoms with Gasteiger partial charge in [0, 0.05) is 17.6 Å². The first-order chi connectivity index (χ1) is 9.24. The van der Waals surface area contributed by atoms with E-state index in [0.717, 1.165) is 35.9 Å². The Morgan fingerprint density at radius 2 is 1.95 bits per heavy atom. The van der Waals surface area contributed by atoms with Crippen molar-refractivity contribution in [2.75, 3.05) is 6.61 Å². The van der Waals surface area contributed by atoms with Crippen LogP contribution in [0.4, 0.5) is 0 Å². The molecule has 3 heteroatoms. The van der Waals surface area contributed by atoms with Crippen LogP contribution in [0.15, 0.2) is 30.3 Å². The smallest absolute Gasteiger partial charge is 0.135 e. The number of fused-ring (bicyclic) bond motifs is 1. The minimum Gasteiger partial charge on any atom is -0.376 e. The molecule has 0 aliphatic rings. The van der Waals surface area contributed by atoms with Gasteiger partial charge in [0.1, 0.15) is 5.15 Å². The molecule has 0 aliphatic carbocycles. The van der Waals surface area contributed by atoms with Crippen molar-refractivity contribution >= 4 is 22.5 Å². The molecule has 0 saturated carbocycles. The third-order valence-corrected chi connectivity index (χ3v) is 3.84. The Kier molecular flexibility index (Phi) is 5.17. The minimum atomic E-state index is 0.535. The van der Waals surface area contributed by atoms with Crippen LogP contribution < -0.4 is 0 Å². The standard InChI is InChI=1S/C16H20ClNO/c1-3-12(4-2)10-19-11-14-9-13-7-5-6-8-15(13)18-16(14)17/h5-9,12H,3-4,10-11H2,1-2H3. The largest absolute Gasteiger partial charge is 0.376 e. The van der Waals surface area contributed by atoms with Crippen LogP contribution in [0.3, 0.4) is 0 Å². The fourth-order valence-electron chi connectivity index (χ4n) is 2.10. The predicted molar refractivity (Wildman–Crippen MR) is 80.5 cm³/mol. The number of rotatable bonds is 6. The summed E-state index contributed by atoms with van der Waals surface area (Å²) >= 11 is 6.20. The van der Waals surface area contributed by atoms with Crippen LogP contribution in [0, 0.1) is 5.92 Å². The van der Waals surface area contributed by atoms with Gasteiger partial charge in [-0.2, -0.15) is 0 Å². The summed E-state index contributed by atoms with van der Waals surface area (Å²) in [4.78, 5) is 4.40. The molecule has 2 rings (SSSR count). The highest BCUT2D eigenvalue weighted by atomic mass is 35.5. The number of aromatic nitrogens is 1. The van der Waals surface area contributed by atoms with Gasteiger partial charge in [0.05, 0.1) is 12.1 Å². The first-order valence-electron chi connectivity index (χ1n) is 6.86. The lowest BCUT2D eigenvalue weighted by Crippen LogP contribution is -2.08. The molecule has 0 aliphatic heterocycles. The second-order valence-electron chi connectivity index (χ2n) is 4.83. The number of halogens is 1. The zero-order valence-corrected chi connectivity index (χ0v) is 12.3. The molecule has 2 aromatic rings. The average Bonchev–Trinajstić information content (AvgIpc) is 2.44. The second-order valence-corrected chi connectivity index (χ2v) is 5.19. The van der Waals surface area contributed by atoms with E-state index in [9.17, 15) is 0 Å². The van der Waals surface area contributed by atoms with Crippen LogP contribution in [0.5, 0.6) is 0 Å². The number of benzene rings is 1. The van der Waals surface area contributed by atoms with E-state index < -0.39 is 0 Å². The Balaban J connectivity index is 2.06. The Morgan fingerprint density at radius 1 is 1.21 bits per heavy atom. The third-order valence-electron chi connectivity index (χ3n) is 3.52. The summed E-state index contributed by atoms with van der Waals surface area (Å²) < 4.78 is 5.77. The molecular formula is C16H20ClNO. The molecule has 0 unspecified atom stereocenters. The molecule has 0 fully saturated rings. The van der Waals surface area contributed by atoms with Crippen molar-refractivity contribution in [2.24, 2.45) is 5.92 Å². The number of hydrogen-bond donors (Lipinski definition) is 0. The monoisotopic (exact) mass is 277 g/mol. The van der Waals surface area contributed by atoms with E-state index in [4.69, 9.17) is 16.3 Å². The van der Waals surface area contributed by atoms with Gasteiger partial charge in [-0.3, -0.25) is 0 Å². The molecule has 0 amide bonds. The summed E-state index contributed by atoms with van der Waals surface area (Å²) in [5.74, 6) is 0.632. The van der Waals surface area contributed by atoms with Gasteiger partial charge < -0.3 is 4.74 Å². The van der Waals surface area contributed by atoms with Gasteiger partial charge in [-0.25, -0.2) is 4.98 Å². The summed E-state index contributed by atoms with van der Waals surface area (Å²) in [6.45, 7) is 5.72. The van der Waals surface area contributed by atoms with Crippen LogP contribution in [0.25, 0.3) is 10.9 Å². The van der Waals surface area contributed by atoms with E-state index in [2.05, 4.69) is 24.9 Å². The van der Waals surface area contributed by atoms with Gasteiger partial charge in [-0.15, -0.1) is 0 Å². The first-order valence-corrected chi connectivity index (χ1v) is 7.24. The van der Waals surface area contributed by atoms with Crippen molar-refractivity contribution in [3.05, 3.63) is 41.0 Å². The number of pyridine rings is 1. The molecule has 0 saturated heterocycles. The normalized spacial score (nSPS) is 11.4. The zero-order chi connectivity index (χ0) is 13.7. The summed E-state index contributed by atoms with van der Waals surface area (Å²) in [5, 5.41) is 1.65. The van der Waals surface area contributed by atoms with E-state index >= 15 is 0 Å². The molecule has 1 aromatic carbocycles. The highest BCUT2D eigenvalue weighted by molar-refractivity contribution is 6.30. The molecule has 102 valence electrons. The molecule has 1 heterocycles. The molecule has 0 atom stereocenters. The van der Waals surface area contributed by atoms with Gasteiger partial charge >= 0.3 is 0 Å². The number of hydrogen-bond acceptors (Lipinski definition) is 2. The quantitative estimate of drug-likeness (QED) is 0.705. The Bertz CT molecular complexity index is 537. The Morgan fingerprint density at radius 3 is 2.68 bits per heavy atom. The van der Waals surface area contributed by atoms with Gasteiger partial charge in [-0.05, 0) is 18.1 Å². The number of para-hydroxylation sites is 1. The van der Waals surface area contributed by atoms with E-state index in [1.54, 1.807) is 0 Å². The Hall–Kier alpha value is -1.12. The fourth-order valence-corrected chi connectivity index (χ4v) is 2.30. The molecule has 0 radical (unpaired) electrons. The number of nitrogens with zero attached hydrogens (tertiary/aromatic N) is 1. The Labute approximate surface area is 119 Å². The molecule has 0 N–H and O–H groups in total. The van der Waals surface area contributed by atoms with Crippen molar-refractivity contribution in [1.82, 2.24) is 4.98 Å². The van der Waals surface area contributed by atoms with Crippen molar-refractivity contribution in [3.63, 3.8) is 0 Å². The molecule has 0 spiro atoms. The fraction of sp³-hybridized carbons (Fsp3) is 0.438. The molecule has 2 nitrogen and oxygen atoms in total. The van der Waals surface area contributed by atoms with Gasteiger partial charge in [-0.1, -0.05) is 56.5 Å². The summed E-state index contributed by atoms with van der Waals surface area (Å²) in [5.41, 5.74) is 1.89. The predicted octanol–water partition coefficient (Wildman–Crippen LogP) is 4.84. The van der Waals surface area contributed by atoms with Crippen molar-refractivity contribution in [2.45, 2.75) is 33.3 Å². The minimum absolute atomic E-state index is 0.535. The highest BCUT2D eigenvalue weighted by Crippen LogP contribution is 2.21. The van der Waals surface area contributed by atoms with Gasteiger partial charge in [0.15, 0.2) is 0 Å². The lowest BCUT2D eigenvalue weighted by molar-refractivity contribution is 0.0843. The van der Waals surface area contributed by atoms with Crippen LogP contribution in [0.1, 0.15) is 32.3 Å². The van der Waals surface area contributed by atoms with Crippen LogP contribution in [-0.4, -0.2) is 11.6 Å². The molecule has 1 aromatic heterocycles. The number of ether oxygens (including phenoxy) is 1. The maximum atomic E-state index is 6.20. The first kappa shape index (κ1) is 14.3. The summed E-state index contributed by atoms with van der Waals surface area (Å²) in [6, 6.07) is 10.1. The topological polar surface area (TPSA) is 22.1 Å². The average molecular weight is 278 g/mol. The van der Waals surface area contributed by atoms with Crippen LogP contribution in [-0.2, 0) is 11.3 Å². The SMILES string of the molecule is CCC(CC)COCc1cc2ccccc2nc1Cl. The summed E-state index contributed by atoms with van der Waals surface area (Å²) in [7, 11) is 0. The second kappa shape index (κ2) is 6.88. The van der Waals surface area contributed by atoms with Crippen molar-refractivity contribution in [1.29, 1.82) is 0 Å². The van der Waals surface area contributed by atoms with Crippen LogP contribution >= 0.6 is 11.6 Å². The summed E-state index contributed by atoms with van der Waals surface area (Å²) in [6.07, 6.45) is 2.31. The molecular weight excluding hydrogens is 258 g/mol. The lowest BCUT2D eigenvalue weighted by Gasteiger charge is -2.13. The van der Waals surface area contributed by atoms with Gasteiger partial charge in [0.2, 0.25) is 0 Å². The zero-order valence-electron chi connectivity index (χ0n) is 11.5. The van der Waals surface area contributed by atoms with E-state index in [1.807, 2.05) is 24.3 Å². The molecule has 19 heavy (non-hydrogen) atoms. The van der Waals surface area contributed by atoms with E-state index in [-0.39, 0.29) is 0 Å². The highest BCUT2D eigenvalue weighted by Gasteiger charge is 2.07. The third kappa shape index (κ3) is 3.68. The van der Waals surface area contributed by atoms with E-state index in [1.165, 1.54) is 0 Å².